The van der Waals surface area contributed by atoms with Crippen LogP contribution in [-0.2, 0) is 9.53 Å². The van der Waals surface area contributed by atoms with Crippen LogP contribution in [0.25, 0.3) is 0 Å². The summed E-state index contributed by atoms with van der Waals surface area (Å²) in [7, 11) is 0. The fourth-order valence-electron chi connectivity index (χ4n) is 3.66. The Labute approximate surface area is 180 Å². The number of rotatable bonds is 4. The molecule has 11 heteroatoms. The summed E-state index contributed by atoms with van der Waals surface area (Å²) in [6, 6.07) is 9.92. The Balaban J connectivity index is 1.66. The third kappa shape index (κ3) is 3.71. The van der Waals surface area contributed by atoms with E-state index in [9.17, 15) is 35.1 Å². The lowest BCUT2D eigenvalue weighted by molar-refractivity contribution is -0.271. The fraction of sp³-hybridized carbons (Fsp3) is 0.333. The molecule has 4 rings (SSSR count). The number of phenols is 2. The maximum absolute atomic E-state index is 12.6. The average Bonchev–Trinajstić information content (AvgIpc) is 2.77. The highest BCUT2D eigenvalue weighted by atomic mass is 16.7. The number of benzene rings is 2. The van der Waals surface area contributed by atoms with Crippen LogP contribution in [0.3, 0.4) is 0 Å². The summed E-state index contributed by atoms with van der Waals surface area (Å²) in [6.45, 7) is 0. The van der Waals surface area contributed by atoms with Gasteiger partial charge in [0.1, 0.15) is 35.7 Å². The van der Waals surface area contributed by atoms with Gasteiger partial charge in [0, 0.05) is 6.07 Å². The van der Waals surface area contributed by atoms with E-state index < -0.39 is 65.8 Å². The molecule has 1 saturated heterocycles. The first kappa shape index (κ1) is 21.8. The number of ketones is 1. The number of aromatic hydroxyl groups is 2. The van der Waals surface area contributed by atoms with E-state index in [2.05, 4.69) is 0 Å². The molecule has 32 heavy (non-hydrogen) atoms. The van der Waals surface area contributed by atoms with Crippen molar-refractivity contribution in [2.45, 2.75) is 43.2 Å². The van der Waals surface area contributed by atoms with E-state index in [1.54, 1.807) is 30.3 Å². The third-order valence-corrected chi connectivity index (χ3v) is 5.35. The number of Topliss-reactive ketones (excluding diaryl/α,β-unsaturated/α-hetero) is 1. The van der Waals surface area contributed by atoms with Crippen molar-refractivity contribution in [3.05, 3.63) is 47.5 Å². The number of hydrogen-bond acceptors (Lipinski definition) is 10. The van der Waals surface area contributed by atoms with Crippen molar-refractivity contribution in [1.29, 1.82) is 0 Å². The smallest absolute Gasteiger partial charge is 0.335 e. The summed E-state index contributed by atoms with van der Waals surface area (Å²) in [5.74, 6) is -4.41. The predicted molar refractivity (Wildman–Crippen MR) is 103 cm³/mol. The van der Waals surface area contributed by atoms with Crippen LogP contribution in [0.4, 0.5) is 0 Å². The van der Waals surface area contributed by atoms with Crippen LogP contribution in [0.2, 0.25) is 0 Å². The molecule has 0 aromatic heterocycles. The van der Waals surface area contributed by atoms with Gasteiger partial charge in [-0.15, -0.1) is 0 Å². The van der Waals surface area contributed by atoms with E-state index in [1.807, 2.05) is 0 Å². The topological polar surface area (TPSA) is 183 Å². The number of carboxylic acid groups (broad SMARTS) is 1. The number of aliphatic hydroxyl groups excluding tert-OH is 3. The molecule has 2 aliphatic heterocycles. The van der Waals surface area contributed by atoms with Crippen molar-refractivity contribution in [3.8, 4) is 23.0 Å². The molecule has 0 radical (unpaired) electrons. The predicted octanol–water partition coefficient (Wildman–Crippen LogP) is 0.0753. The Morgan fingerprint density at radius 3 is 2.34 bits per heavy atom. The zero-order chi connectivity index (χ0) is 23.2. The Kier molecular flexibility index (Phi) is 5.65. The quantitative estimate of drug-likeness (QED) is 0.348. The number of fused-ring (bicyclic) bond motifs is 1. The summed E-state index contributed by atoms with van der Waals surface area (Å²) in [5.41, 5.74) is 0.444. The van der Waals surface area contributed by atoms with Crippen molar-refractivity contribution in [2.24, 2.45) is 0 Å². The van der Waals surface area contributed by atoms with Crippen molar-refractivity contribution < 1.29 is 54.4 Å². The standard InChI is InChI=1S/C21H20O11/c22-9-6-10(8-4-2-1-3-5-8)30-11-7-12(14(23)15(24)13(9)11)31-21-18(27)16(25)17(26)19(32-21)20(28)29/h1-5,7,10,16-19,21,23-27H,6H2,(H,28,29)/t10-,16+,17+,18-,19+,21-/m1/s1. The summed E-state index contributed by atoms with van der Waals surface area (Å²) < 4.78 is 16.1. The molecule has 0 amide bonds. The van der Waals surface area contributed by atoms with Crippen LogP contribution in [0.5, 0.6) is 23.0 Å². The SMILES string of the molecule is O=C1C[C@H](c2ccccc2)Oc2cc(O[C@@H]3O[C@H](C(=O)O)[C@@H](O)[C@H](O)[C@H]3O)c(O)c(O)c21. The normalized spacial score (nSPS) is 29.7. The van der Waals surface area contributed by atoms with Gasteiger partial charge in [-0.05, 0) is 5.56 Å². The van der Waals surface area contributed by atoms with Crippen LogP contribution < -0.4 is 9.47 Å². The first-order chi connectivity index (χ1) is 15.2. The third-order valence-electron chi connectivity index (χ3n) is 5.35. The lowest BCUT2D eigenvalue weighted by Crippen LogP contribution is -2.61. The molecule has 2 heterocycles. The van der Waals surface area contributed by atoms with E-state index in [0.717, 1.165) is 6.07 Å². The number of aliphatic hydroxyl groups is 3. The number of ether oxygens (including phenoxy) is 3. The molecule has 6 N–H and O–H groups in total. The lowest BCUT2D eigenvalue weighted by atomic mass is 9.95. The first-order valence-electron chi connectivity index (χ1n) is 9.62. The minimum atomic E-state index is -1.93. The second-order valence-electron chi connectivity index (χ2n) is 7.44. The second kappa shape index (κ2) is 8.28. The van der Waals surface area contributed by atoms with Crippen LogP contribution in [0.1, 0.15) is 28.4 Å². The molecular weight excluding hydrogens is 428 g/mol. The number of carboxylic acids is 1. The first-order valence-corrected chi connectivity index (χ1v) is 9.62. The van der Waals surface area contributed by atoms with Crippen molar-refractivity contribution in [2.75, 3.05) is 0 Å². The van der Waals surface area contributed by atoms with Gasteiger partial charge in [0.25, 0.3) is 0 Å². The van der Waals surface area contributed by atoms with E-state index in [4.69, 9.17) is 19.3 Å². The maximum Gasteiger partial charge on any atom is 0.335 e. The van der Waals surface area contributed by atoms with E-state index in [0.29, 0.717) is 5.56 Å². The van der Waals surface area contributed by atoms with Gasteiger partial charge >= 0.3 is 5.97 Å². The van der Waals surface area contributed by atoms with Gasteiger partial charge in [0.2, 0.25) is 12.0 Å². The molecule has 0 spiro atoms. The fourth-order valence-corrected chi connectivity index (χ4v) is 3.66. The molecule has 0 bridgehead atoms. The Morgan fingerprint density at radius 2 is 1.69 bits per heavy atom. The number of carbonyl (C=O) groups excluding carboxylic acids is 1. The number of phenolic OH excluding ortho intramolecular Hbond substituents is 2. The summed E-state index contributed by atoms with van der Waals surface area (Å²) in [4.78, 5) is 23.9. The van der Waals surface area contributed by atoms with Crippen LogP contribution in [0, 0.1) is 0 Å². The molecule has 1 fully saturated rings. The highest BCUT2D eigenvalue weighted by molar-refractivity contribution is 6.03. The zero-order valence-corrected chi connectivity index (χ0v) is 16.4. The Morgan fingerprint density at radius 1 is 1.00 bits per heavy atom. The van der Waals surface area contributed by atoms with Crippen molar-refractivity contribution in [1.82, 2.24) is 0 Å². The van der Waals surface area contributed by atoms with Gasteiger partial charge in [-0.1, -0.05) is 30.3 Å². The number of carbonyl (C=O) groups is 2. The monoisotopic (exact) mass is 448 g/mol. The van der Waals surface area contributed by atoms with Crippen molar-refractivity contribution >= 4 is 11.8 Å². The minimum Gasteiger partial charge on any atom is -0.504 e. The molecule has 0 saturated carbocycles. The van der Waals surface area contributed by atoms with Crippen molar-refractivity contribution in [3.63, 3.8) is 0 Å². The lowest BCUT2D eigenvalue weighted by Gasteiger charge is -2.38. The highest BCUT2D eigenvalue weighted by Crippen LogP contribution is 2.48. The van der Waals surface area contributed by atoms with Crippen LogP contribution in [-0.4, -0.2) is 73.1 Å². The van der Waals surface area contributed by atoms with Gasteiger partial charge in [-0.25, -0.2) is 4.79 Å². The molecule has 11 nitrogen and oxygen atoms in total. The highest BCUT2D eigenvalue weighted by Gasteiger charge is 2.48. The Hall–Kier alpha value is -3.38. The summed E-state index contributed by atoms with van der Waals surface area (Å²) >= 11 is 0. The molecule has 6 atom stereocenters. The minimum absolute atomic E-state index is 0.0843. The van der Waals surface area contributed by atoms with E-state index in [1.165, 1.54) is 0 Å². The number of aliphatic carboxylic acids is 1. The number of hydrogen-bond donors (Lipinski definition) is 6. The summed E-state index contributed by atoms with van der Waals surface area (Å²) in [5, 5.41) is 59.6. The average molecular weight is 448 g/mol. The van der Waals surface area contributed by atoms with Crippen LogP contribution in [0.15, 0.2) is 36.4 Å². The molecule has 0 aliphatic carbocycles. The van der Waals surface area contributed by atoms with Gasteiger partial charge in [-0.2, -0.15) is 0 Å². The van der Waals surface area contributed by atoms with Crippen LogP contribution >= 0.6 is 0 Å². The molecule has 2 aromatic carbocycles. The second-order valence-corrected chi connectivity index (χ2v) is 7.44. The Bertz CT molecular complexity index is 1040. The molecule has 2 aromatic rings. The largest absolute Gasteiger partial charge is 0.504 e. The van der Waals surface area contributed by atoms with E-state index >= 15 is 0 Å². The molecule has 0 unspecified atom stereocenters. The zero-order valence-electron chi connectivity index (χ0n) is 16.4. The van der Waals surface area contributed by atoms with Gasteiger partial charge in [-0.3, -0.25) is 4.79 Å². The summed E-state index contributed by atoms with van der Waals surface area (Å²) in [6.07, 6.45) is -10.3. The molecule has 2 aliphatic rings. The van der Waals surface area contributed by atoms with Gasteiger partial charge in [0.15, 0.2) is 23.4 Å². The van der Waals surface area contributed by atoms with E-state index in [-0.39, 0.29) is 17.7 Å². The molecule has 170 valence electrons. The maximum atomic E-state index is 12.6. The van der Waals surface area contributed by atoms with Gasteiger partial charge < -0.3 is 44.8 Å². The molecular formula is C21H20O11. The van der Waals surface area contributed by atoms with Gasteiger partial charge in [0.05, 0.1) is 6.42 Å².